The second-order valence-electron chi connectivity index (χ2n) is 2.25. The molecule has 0 saturated heterocycles. The summed E-state index contributed by atoms with van der Waals surface area (Å²) in [5, 5.41) is 0. The van der Waals surface area contributed by atoms with E-state index in [1.54, 1.807) is 0 Å². The van der Waals surface area contributed by atoms with Gasteiger partial charge in [0.15, 0.2) is 0 Å². The van der Waals surface area contributed by atoms with Gasteiger partial charge >= 0.3 is 0 Å². The van der Waals surface area contributed by atoms with E-state index in [1.807, 2.05) is 30.3 Å². The van der Waals surface area contributed by atoms with Crippen LogP contribution in [-0.4, -0.2) is 24.6 Å². The van der Waals surface area contributed by atoms with Gasteiger partial charge in [0.25, 0.3) is 0 Å². The van der Waals surface area contributed by atoms with Crippen molar-refractivity contribution >= 4 is 24.0 Å². The van der Waals surface area contributed by atoms with Gasteiger partial charge in [0, 0.05) is 67.3 Å². The van der Waals surface area contributed by atoms with Crippen molar-refractivity contribution in [1.29, 1.82) is 0 Å². The molecule has 4 heteroatoms. The van der Waals surface area contributed by atoms with Crippen molar-refractivity contribution in [2.75, 3.05) is 6.61 Å². The van der Waals surface area contributed by atoms with Gasteiger partial charge in [0.1, 0.15) is 12.4 Å². The van der Waals surface area contributed by atoms with E-state index < -0.39 is 0 Å². The fourth-order valence-corrected chi connectivity index (χ4v) is 1.06. The standard InChI is InChI=1S/C9H8O.As.Cd.Ni/c1-2-6-9-8(4-1)5-3-7-10-9;;;/h1-6H,7H2;;;. The number of hydrogen-bond donors (Lipinski definition) is 0. The maximum absolute atomic E-state index is 5.34. The Bertz CT molecular complexity index is 278. The van der Waals surface area contributed by atoms with Crippen molar-refractivity contribution in [2.24, 2.45) is 0 Å². The average molecular weight is 378 g/mol. The van der Waals surface area contributed by atoms with E-state index in [-0.39, 0.29) is 61.7 Å². The molecule has 0 unspecified atom stereocenters. The molecular formula is C9H8AsCdNiO. The molecule has 0 aromatic heterocycles. The first-order chi connectivity index (χ1) is 4.97. The van der Waals surface area contributed by atoms with E-state index in [0.717, 1.165) is 5.75 Å². The molecule has 0 bridgehead atoms. The summed E-state index contributed by atoms with van der Waals surface area (Å²) in [4.78, 5) is 0. The topological polar surface area (TPSA) is 9.23 Å². The van der Waals surface area contributed by atoms with Crippen molar-refractivity contribution in [2.45, 2.75) is 0 Å². The molecule has 0 aliphatic carbocycles. The van der Waals surface area contributed by atoms with Crippen molar-refractivity contribution in [3.63, 3.8) is 0 Å². The summed E-state index contributed by atoms with van der Waals surface area (Å²) in [7, 11) is 0. The molecule has 2 rings (SSSR count). The van der Waals surface area contributed by atoms with Gasteiger partial charge in [-0.2, -0.15) is 0 Å². The molecule has 0 atom stereocenters. The van der Waals surface area contributed by atoms with Crippen LogP contribution in [0.5, 0.6) is 5.75 Å². The van der Waals surface area contributed by atoms with Crippen LogP contribution in [0.2, 0.25) is 0 Å². The largest absolute Gasteiger partial charge is 0.489 e. The molecule has 0 amide bonds. The van der Waals surface area contributed by atoms with E-state index in [2.05, 4.69) is 6.08 Å². The molecule has 1 aliphatic heterocycles. The minimum Gasteiger partial charge on any atom is -0.489 e. The van der Waals surface area contributed by atoms with Gasteiger partial charge in [-0.15, -0.1) is 0 Å². The fraction of sp³-hybridized carbons (Fsp3) is 0.111. The second-order valence-corrected chi connectivity index (χ2v) is 2.25. The minimum atomic E-state index is 0. The molecule has 0 saturated carbocycles. The van der Waals surface area contributed by atoms with Gasteiger partial charge in [0.2, 0.25) is 0 Å². The Kier molecular flexibility index (Phi) is 10.0. The maximum atomic E-state index is 5.34. The predicted octanol–water partition coefficient (Wildman–Crippen LogP) is 1.71. The minimum absolute atomic E-state index is 0. The smallest absolute Gasteiger partial charge is 0.126 e. The van der Waals surface area contributed by atoms with Crippen molar-refractivity contribution in [3.05, 3.63) is 35.9 Å². The number of rotatable bonds is 0. The zero-order valence-electron chi connectivity index (χ0n) is 7.05. The van der Waals surface area contributed by atoms with Gasteiger partial charge < -0.3 is 4.74 Å². The molecule has 1 aromatic rings. The Labute approximate surface area is 120 Å². The third-order valence-electron chi connectivity index (χ3n) is 1.55. The van der Waals surface area contributed by atoms with Gasteiger partial charge in [0.05, 0.1) is 0 Å². The monoisotopic (exact) mass is 379 g/mol. The Morgan fingerprint density at radius 3 is 2.54 bits per heavy atom. The molecule has 0 N–H and O–H groups in total. The van der Waals surface area contributed by atoms with Crippen LogP contribution < -0.4 is 4.74 Å². The number of hydrogen-bond acceptors (Lipinski definition) is 1. The van der Waals surface area contributed by atoms with Crippen LogP contribution in [-0.2, 0) is 43.8 Å². The third kappa shape index (κ3) is 4.18. The van der Waals surface area contributed by atoms with Crippen LogP contribution in [0, 0.1) is 0 Å². The van der Waals surface area contributed by atoms with Crippen LogP contribution in [0.25, 0.3) is 6.08 Å². The summed E-state index contributed by atoms with van der Waals surface area (Å²) in [6, 6.07) is 8.03. The molecular weight excluding hydrogens is 370 g/mol. The van der Waals surface area contributed by atoms with Gasteiger partial charge in [-0.1, -0.05) is 24.3 Å². The third-order valence-corrected chi connectivity index (χ3v) is 1.55. The Morgan fingerprint density at radius 1 is 1.15 bits per heavy atom. The van der Waals surface area contributed by atoms with Gasteiger partial charge in [-0.3, -0.25) is 0 Å². The van der Waals surface area contributed by atoms with Crippen LogP contribution in [0.1, 0.15) is 5.56 Å². The first-order valence-corrected chi connectivity index (χ1v) is 3.35. The van der Waals surface area contributed by atoms with Crippen LogP contribution in [0.15, 0.2) is 30.3 Å². The maximum Gasteiger partial charge on any atom is 0.126 e. The summed E-state index contributed by atoms with van der Waals surface area (Å²) in [6.45, 7) is 0.705. The average Bonchev–Trinajstić information content (AvgIpc) is 2.05. The summed E-state index contributed by atoms with van der Waals surface area (Å²) >= 11 is 0. The van der Waals surface area contributed by atoms with Gasteiger partial charge in [-0.05, 0) is 12.1 Å². The molecule has 1 aliphatic rings. The van der Waals surface area contributed by atoms with E-state index >= 15 is 0 Å². The van der Waals surface area contributed by atoms with Crippen LogP contribution in [0.3, 0.4) is 0 Å². The molecule has 67 valence electrons. The second kappa shape index (κ2) is 8.08. The Morgan fingerprint density at radius 2 is 1.85 bits per heavy atom. The summed E-state index contributed by atoms with van der Waals surface area (Å²) in [6.07, 6.45) is 4.10. The molecule has 3 radical (unpaired) electrons. The van der Waals surface area contributed by atoms with Crippen LogP contribution >= 0.6 is 0 Å². The first kappa shape index (κ1) is 16.2. The molecule has 13 heavy (non-hydrogen) atoms. The molecule has 0 spiro atoms. The van der Waals surface area contributed by atoms with Crippen molar-refractivity contribution in [1.82, 2.24) is 0 Å². The number of benzene rings is 1. The zero-order valence-corrected chi connectivity index (χ0v) is 14.0. The Hall–Kier alpha value is 0.734. The van der Waals surface area contributed by atoms with E-state index in [4.69, 9.17) is 4.74 Å². The summed E-state index contributed by atoms with van der Waals surface area (Å²) in [5.74, 6) is 0.991. The van der Waals surface area contributed by atoms with Crippen LogP contribution in [0.4, 0.5) is 0 Å². The Balaban J connectivity index is 0. The zero-order chi connectivity index (χ0) is 6.81. The van der Waals surface area contributed by atoms with Crippen molar-refractivity contribution in [3.8, 4) is 5.75 Å². The van der Waals surface area contributed by atoms with E-state index in [9.17, 15) is 0 Å². The van der Waals surface area contributed by atoms with E-state index in [1.165, 1.54) is 5.56 Å². The fourth-order valence-electron chi connectivity index (χ4n) is 1.06. The quantitative estimate of drug-likeness (QED) is 0.625. The number of ether oxygens (including phenoxy) is 1. The van der Waals surface area contributed by atoms with Crippen molar-refractivity contribution < 1.29 is 48.5 Å². The molecule has 1 aromatic carbocycles. The summed E-state index contributed by atoms with van der Waals surface area (Å²) < 4.78 is 5.34. The van der Waals surface area contributed by atoms with Gasteiger partial charge in [-0.25, -0.2) is 0 Å². The molecule has 1 nitrogen and oxygen atoms in total. The summed E-state index contributed by atoms with van der Waals surface area (Å²) in [5.41, 5.74) is 1.17. The number of para-hydroxylation sites is 1. The predicted molar refractivity (Wildman–Crippen MR) is 46.7 cm³/mol. The number of fused-ring (bicyclic) bond motifs is 1. The normalized spacial score (nSPS) is 10.8. The van der Waals surface area contributed by atoms with E-state index in [0.29, 0.717) is 6.61 Å². The SMILES string of the molecule is C1=Cc2ccccc2OC1.[As].[Cd].[Ni]. The first-order valence-electron chi connectivity index (χ1n) is 3.35. The molecule has 1 heterocycles. The molecule has 0 fully saturated rings.